The predicted molar refractivity (Wildman–Crippen MR) is 185 cm³/mol. The van der Waals surface area contributed by atoms with Crippen LogP contribution in [0.1, 0.15) is 108 Å². The Morgan fingerprint density at radius 2 is 1.61 bits per heavy atom. The van der Waals surface area contributed by atoms with Crippen LogP contribution in [0.5, 0.6) is 5.75 Å². The van der Waals surface area contributed by atoms with Crippen molar-refractivity contribution in [2.24, 2.45) is 23.7 Å². The summed E-state index contributed by atoms with van der Waals surface area (Å²) in [5.41, 5.74) is 6.93. The average Bonchev–Trinajstić information content (AvgIpc) is 3.04. The molecule has 0 aliphatic heterocycles. The van der Waals surface area contributed by atoms with E-state index >= 15 is 0 Å². The van der Waals surface area contributed by atoms with Gasteiger partial charge in [-0.15, -0.1) is 0 Å². The fraction of sp³-hybridized carbons (Fsp3) is 0.524. The second-order valence-corrected chi connectivity index (χ2v) is 15.5. The molecule has 4 heteroatoms. The van der Waals surface area contributed by atoms with Crippen LogP contribution in [0.4, 0.5) is 0 Å². The maximum atomic E-state index is 14.3. The molecule has 2 saturated carbocycles. The molecule has 0 unspecified atom stereocenters. The Labute approximate surface area is 276 Å². The molecular weight excluding hydrogens is 568 g/mol. The second kappa shape index (κ2) is 12.7. The van der Waals surface area contributed by atoms with Crippen LogP contribution in [-0.2, 0) is 31.6 Å². The Bertz CT molecular complexity index is 1570. The van der Waals surface area contributed by atoms with Gasteiger partial charge in [0.15, 0.2) is 0 Å². The summed E-state index contributed by atoms with van der Waals surface area (Å²) < 4.78 is 12.6. The van der Waals surface area contributed by atoms with E-state index in [2.05, 4.69) is 102 Å². The van der Waals surface area contributed by atoms with Gasteiger partial charge in [-0.25, -0.2) is 0 Å². The number of hydrogen-bond acceptors (Lipinski definition) is 4. The van der Waals surface area contributed by atoms with Crippen molar-refractivity contribution in [2.75, 3.05) is 7.11 Å². The molecule has 4 nitrogen and oxygen atoms in total. The van der Waals surface area contributed by atoms with Crippen LogP contribution in [0.3, 0.4) is 0 Å². The van der Waals surface area contributed by atoms with Crippen molar-refractivity contribution in [1.29, 1.82) is 0 Å². The molecular formula is C42H52O4. The van der Waals surface area contributed by atoms with Crippen LogP contribution in [0.15, 0.2) is 66.7 Å². The van der Waals surface area contributed by atoms with E-state index in [1.807, 2.05) is 6.07 Å². The minimum atomic E-state index is -0.714. The standard InChI is InChI=1S/C42H52O4/c1-26(2)31-18-21-33-32(39(31)45-7)19-22-35-38(36(43)23-24-42(33,35)6)40(44)46-37-25-27(3)13-20-34(37)41(4,5)30-16-14-29(15-17-30)28-11-9-8-10-12-28/h8-12,14-18,21,26-27,34-35,37-38H,13,19-20,22-25H2,1-7H3/t27-,34-,35+,37+,38+,42-/m1/s1. The zero-order valence-electron chi connectivity index (χ0n) is 28.9. The largest absolute Gasteiger partial charge is 0.496 e. The van der Waals surface area contributed by atoms with Crippen molar-refractivity contribution >= 4 is 11.8 Å². The lowest BCUT2D eigenvalue weighted by atomic mass is 9.54. The van der Waals surface area contributed by atoms with Crippen molar-refractivity contribution in [2.45, 2.75) is 109 Å². The van der Waals surface area contributed by atoms with Gasteiger partial charge in [0.2, 0.25) is 0 Å². The van der Waals surface area contributed by atoms with Gasteiger partial charge in [0, 0.05) is 12.3 Å². The summed E-state index contributed by atoms with van der Waals surface area (Å²) in [6, 6.07) is 23.8. The Kier molecular flexibility index (Phi) is 8.95. The first-order valence-electron chi connectivity index (χ1n) is 17.5. The maximum Gasteiger partial charge on any atom is 0.317 e. The van der Waals surface area contributed by atoms with Gasteiger partial charge in [-0.2, -0.15) is 0 Å². The summed E-state index contributed by atoms with van der Waals surface area (Å²) in [7, 11) is 1.77. The highest BCUT2D eigenvalue weighted by Crippen LogP contribution is 2.54. The molecule has 0 heterocycles. The number of rotatable bonds is 7. The molecule has 3 aliphatic rings. The summed E-state index contributed by atoms with van der Waals surface area (Å²) >= 11 is 0. The zero-order valence-corrected chi connectivity index (χ0v) is 28.9. The van der Waals surface area contributed by atoms with Gasteiger partial charge < -0.3 is 9.47 Å². The van der Waals surface area contributed by atoms with E-state index in [9.17, 15) is 9.59 Å². The number of fused-ring (bicyclic) bond motifs is 3. The minimum Gasteiger partial charge on any atom is -0.496 e. The Morgan fingerprint density at radius 1 is 0.913 bits per heavy atom. The van der Waals surface area contributed by atoms with Crippen molar-refractivity contribution in [3.63, 3.8) is 0 Å². The first kappa shape index (κ1) is 32.5. The Balaban J connectivity index is 1.26. The van der Waals surface area contributed by atoms with E-state index in [0.29, 0.717) is 18.3 Å². The van der Waals surface area contributed by atoms with Crippen molar-refractivity contribution < 1.29 is 19.1 Å². The van der Waals surface area contributed by atoms with Crippen molar-refractivity contribution in [1.82, 2.24) is 0 Å². The number of hydrogen-bond donors (Lipinski definition) is 0. The van der Waals surface area contributed by atoms with E-state index in [1.165, 1.54) is 33.4 Å². The molecule has 0 amide bonds. The molecule has 2 fully saturated rings. The SMILES string of the molecule is COc1c(C(C)C)ccc2c1CC[C@H]1[C@H](C(=O)O[C@H]3C[C@H](C)CC[C@H]3C(C)(C)c3ccc(-c4ccccc4)cc3)C(=O)CC[C@]21C. The maximum absolute atomic E-state index is 14.3. The molecule has 244 valence electrons. The highest BCUT2D eigenvalue weighted by atomic mass is 16.5. The number of ether oxygens (including phenoxy) is 2. The van der Waals surface area contributed by atoms with Gasteiger partial charge in [-0.3, -0.25) is 9.59 Å². The number of carbonyl (C=O) groups is 2. The third kappa shape index (κ3) is 5.71. The van der Waals surface area contributed by atoms with E-state index in [4.69, 9.17) is 9.47 Å². The van der Waals surface area contributed by atoms with Gasteiger partial charge in [0.25, 0.3) is 0 Å². The molecule has 3 aromatic rings. The van der Waals surface area contributed by atoms with Crippen LogP contribution < -0.4 is 4.74 Å². The number of carbonyl (C=O) groups excluding carboxylic acids is 2. The van der Waals surface area contributed by atoms with E-state index in [0.717, 1.165) is 44.3 Å². The molecule has 3 aliphatic carbocycles. The molecule has 0 aromatic heterocycles. The molecule has 0 N–H and O–H groups in total. The lowest BCUT2D eigenvalue weighted by Gasteiger charge is -2.50. The zero-order chi connectivity index (χ0) is 32.8. The summed E-state index contributed by atoms with van der Waals surface area (Å²) in [6.07, 6.45) is 5.49. The van der Waals surface area contributed by atoms with Crippen LogP contribution in [-0.4, -0.2) is 25.0 Å². The smallest absolute Gasteiger partial charge is 0.317 e. The fourth-order valence-electron chi connectivity index (χ4n) is 9.30. The lowest BCUT2D eigenvalue weighted by Crippen LogP contribution is -2.52. The minimum absolute atomic E-state index is 0.0536. The molecule has 0 spiro atoms. The van der Waals surface area contributed by atoms with Crippen LogP contribution in [0, 0.1) is 23.7 Å². The van der Waals surface area contributed by atoms with E-state index in [-0.39, 0.29) is 40.5 Å². The Morgan fingerprint density at radius 3 is 2.28 bits per heavy atom. The van der Waals surface area contributed by atoms with Gasteiger partial charge in [-0.1, -0.05) is 115 Å². The Hall–Kier alpha value is -3.40. The van der Waals surface area contributed by atoms with Gasteiger partial charge in [0.1, 0.15) is 23.6 Å². The summed E-state index contributed by atoms with van der Waals surface area (Å²) in [4.78, 5) is 27.9. The van der Waals surface area contributed by atoms with Gasteiger partial charge >= 0.3 is 5.97 Å². The van der Waals surface area contributed by atoms with E-state index < -0.39 is 5.92 Å². The predicted octanol–water partition coefficient (Wildman–Crippen LogP) is 9.61. The molecule has 6 rings (SSSR count). The van der Waals surface area contributed by atoms with Crippen molar-refractivity contribution in [3.8, 4) is 16.9 Å². The first-order valence-corrected chi connectivity index (χ1v) is 17.5. The normalized spacial score (nSPS) is 27.9. The first-order chi connectivity index (χ1) is 22.0. The van der Waals surface area contributed by atoms with Gasteiger partial charge in [0.05, 0.1) is 7.11 Å². The average molecular weight is 621 g/mol. The quantitative estimate of drug-likeness (QED) is 0.195. The topological polar surface area (TPSA) is 52.6 Å². The fourth-order valence-corrected chi connectivity index (χ4v) is 9.30. The van der Waals surface area contributed by atoms with Crippen molar-refractivity contribution in [3.05, 3.63) is 89.0 Å². The summed E-state index contributed by atoms with van der Waals surface area (Å²) in [5.74, 6) is 0.968. The molecule has 0 bridgehead atoms. The summed E-state index contributed by atoms with van der Waals surface area (Å²) in [5, 5.41) is 0. The molecule has 3 aromatic carbocycles. The number of methoxy groups -OCH3 is 1. The number of Topliss-reactive ketones (excluding diaryl/α,β-unsaturated/α-hetero) is 1. The highest BCUT2D eigenvalue weighted by molar-refractivity contribution is 6.00. The highest BCUT2D eigenvalue weighted by Gasteiger charge is 2.54. The molecule has 0 saturated heterocycles. The third-order valence-electron chi connectivity index (χ3n) is 12.1. The van der Waals surface area contributed by atoms with Gasteiger partial charge in [-0.05, 0) is 94.1 Å². The van der Waals surface area contributed by atoms with E-state index in [1.54, 1.807) is 7.11 Å². The third-order valence-corrected chi connectivity index (χ3v) is 12.1. The van der Waals surface area contributed by atoms with Crippen LogP contribution in [0.2, 0.25) is 0 Å². The summed E-state index contributed by atoms with van der Waals surface area (Å²) in [6.45, 7) is 13.5. The van der Waals surface area contributed by atoms with Crippen LogP contribution >= 0.6 is 0 Å². The second-order valence-electron chi connectivity index (χ2n) is 15.5. The number of ketones is 1. The number of benzene rings is 3. The number of esters is 1. The monoisotopic (exact) mass is 620 g/mol. The van der Waals surface area contributed by atoms with Crippen LogP contribution in [0.25, 0.3) is 11.1 Å². The lowest BCUT2D eigenvalue weighted by molar-refractivity contribution is -0.169. The molecule has 46 heavy (non-hydrogen) atoms. The molecule has 0 radical (unpaired) electrons. The molecule has 6 atom stereocenters.